The van der Waals surface area contributed by atoms with Gasteiger partial charge in [-0.2, -0.15) is 5.10 Å². The van der Waals surface area contributed by atoms with Gasteiger partial charge in [0.15, 0.2) is 5.96 Å². The van der Waals surface area contributed by atoms with Crippen molar-refractivity contribution in [3.8, 4) is 0 Å². The van der Waals surface area contributed by atoms with Crippen LogP contribution in [0.1, 0.15) is 12.0 Å². The number of nitrogens with zero attached hydrogens (tertiary/aromatic N) is 4. The van der Waals surface area contributed by atoms with Gasteiger partial charge >= 0.3 is 0 Å². The highest BCUT2D eigenvalue weighted by Gasteiger charge is 2.00. The van der Waals surface area contributed by atoms with Gasteiger partial charge in [0.05, 0.1) is 0 Å². The quantitative estimate of drug-likeness (QED) is 0.299. The number of halogens is 1. The lowest BCUT2D eigenvalue weighted by atomic mass is 10.2. The lowest BCUT2D eigenvalue weighted by Gasteiger charge is -2.15. The average Bonchev–Trinajstić information content (AvgIpc) is 3.08. The van der Waals surface area contributed by atoms with Crippen LogP contribution >= 0.6 is 24.0 Å². The van der Waals surface area contributed by atoms with Gasteiger partial charge in [-0.25, -0.2) is 0 Å². The van der Waals surface area contributed by atoms with Crippen LogP contribution in [0.2, 0.25) is 0 Å². The smallest absolute Gasteiger partial charge is 0.191 e. The molecule has 6 nitrogen and oxygen atoms in total. The van der Waals surface area contributed by atoms with Gasteiger partial charge in [0.25, 0.3) is 0 Å². The van der Waals surface area contributed by atoms with Gasteiger partial charge in [-0.3, -0.25) is 9.67 Å². The highest BCUT2D eigenvalue weighted by Crippen LogP contribution is 2.12. The standard InChI is InChI=1S/C17H26N6.HI/c1-18-17(19-9-5-11-23-12-6-10-21-23)20-14-15-7-4-8-16(13-15)22(2)3;/h4,6-8,10,12-13H,5,9,11,14H2,1-3H3,(H2,18,19,20);1H. The van der Waals surface area contributed by atoms with Gasteiger partial charge in [0.2, 0.25) is 0 Å². The van der Waals surface area contributed by atoms with Crippen LogP contribution in [-0.4, -0.2) is 43.4 Å². The van der Waals surface area contributed by atoms with Crippen LogP contribution in [0.5, 0.6) is 0 Å². The van der Waals surface area contributed by atoms with E-state index in [0.29, 0.717) is 0 Å². The zero-order chi connectivity index (χ0) is 16.5. The Morgan fingerprint density at radius 1 is 1.25 bits per heavy atom. The van der Waals surface area contributed by atoms with Crippen LogP contribution in [0.25, 0.3) is 0 Å². The number of anilines is 1. The summed E-state index contributed by atoms with van der Waals surface area (Å²) < 4.78 is 1.94. The summed E-state index contributed by atoms with van der Waals surface area (Å²) in [6.45, 7) is 2.51. The number of aryl methyl sites for hydroxylation is 1. The van der Waals surface area contributed by atoms with E-state index in [9.17, 15) is 0 Å². The number of guanidine groups is 1. The van der Waals surface area contributed by atoms with Crippen LogP contribution in [0.4, 0.5) is 5.69 Å². The Morgan fingerprint density at radius 2 is 2.08 bits per heavy atom. The molecule has 0 atom stereocenters. The van der Waals surface area contributed by atoms with E-state index in [0.717, 1.165) is 32.0 Å². The Balaban J connectivity index is 0.00000288. The molecule has 0 unspecified atom stereocenters. The molecule has 2 N–H and O–H groups in total. The fraction of sp³-hybridized carbons (Fsp3) is 0.412. The molecule has 24 heavy (non-hydrogen) atoms. The molecule has 0 aliphatic rings. The normalized spacial score (nSPS) is 10.9. The topological polar surface area (TPSA) is 57.5 Å². The maximum atomic E-state index is 4.26. The molecule has 132 valence electrons. The maximum Gasteiger partial charge on any atom is 0.191 e. The van der Waals surface area contributed by atoms with Gasteiger partial charge in [0, 0.05) is 58.9 Å². The second kappa shape index (κ2) is 10.9. The molecule has 0 spiro atoms. The number of benzene rings is 1. The summed E-state index contributed by atoms with van der Waals surface area (Å²) in [5, 5.41) is 10.9. The first-order valence-corrected chi connectivity index (χ1v) is 7.87. The fourth-order valence-corrected chi connectivity index (χ4v) is 2.23. The minimum atomic E-state index is 0. The van der Waals surface area contributed by atoms with Crippen molar-refractivity contribution in [1.29, 1.82) is 0 Å². The Kier molecular flexibility index (Phi) is 9.21. The fourth-order valence-electron chi connectivity index (χ4n) is 2.23. The first-order valence-electron chi connectivity index (χ1n) is 7.87. The van der Waals surface area contributed by atoms with Crippen molar-refractivity contribution in [2.24, 2.45) is 4.99 Å². The van der Waals surface area contributed by atoms with E-state index >= 15 is 0 Å². The van der Waals surface area contributed by atoms with Gasteiger partial charge in [0.1, 0.15) is 0 Å². The second-order valence-electron chi connectivity index (χ2n) is 5.54. The summed E-state index contributed by atoms with van der Waals surface area (Å²) in [6.07, 6.45) is 4.78. The zero-order valence-electron chi connectivity index (χ0n) is 14.6. The van der Waals surface area contributed by atoms with E-state index in [1.807, 2.05) is 31.0 Å². The van der Waals surface area contributed by atoms with Crippen molar-refractivity contribution in [1.82, 2.24) is 20.4 Å². The molecule has 0 bridgehead atoms. The third-order valence-corrected chi connectivity index (χ3v) is 3.53. The largest absolute Gasteiger partial charge is 0.378 e. The van der Waals surface area contributed by atoms with Gasteiger partial charge in [-0.05, 0) is 30.2 Å². The van der Waals surface area contributed by atoms with E-state index in [4.69, 9.17) is 0 Å². The van der Waals surface area contributed by atoms with E-state index < -0.39 is 0 Å². The van der Waals surface area contributed by atoms with Crippen molar-refractivity contribution < 1.29 is 0 Å². The molecule has 2 rings (SSSR count). The number of hydrogen-bond acceptors (Lipinski definition) is 3. The molecule has 0 saturated heterocycles. The molecule has 2 aromatic rings. The van der Waals surface area contributed by atoms with E-state index in [2.05, 4.69) is 49.9 Å². The molecule has 1 aromatic carbocycles. The number of aliphatic imine (C=N–C) groups is 1. The number of nitrogens with one attached hydrogen (secondary N) is 2. The van der Waals surface area contributed by atoms with Crippen LogP contribution in [0.15, 0.2) is 47.7 Å². The van der Waals surface area contributed by atoms with Crippen LogP contribution in [0, 0.1) is 0 Å². The van der Waals surface area contributed by atoms with E-state index in [1.54, 1.807) is 13.2 Å². The van der Waals surface area contributed by atoms with Crippen LogP contribution < -0.4 is 15.5 Å². The molecule has 0 aliphatic heterocycles. The summed E-state index contributed by atoms with van der Waals surface area (Å²) in [5.74, 6) is 0.820. The minimum absolute atomic E-state index is 0. The van der Waals surface area contributed by atoms with E-state index in [1.165, 1.54) is 11.3 Å². The van der Waals surface area contributed by atoms with E-state index in [-0.39, 0.29) is 24.0 Å². The minimum Gasteiger partial charge on any atom is -0.378 e. The Bertz CT molecular complexity index is 609. The maximum absolute atomic E-state index is 4.26. The van der Waals surface area contributed by atoms with Gasteiger partial charge in [-0.1, -0.05) is 12.1 Å². The number of hydrogen-bond donors (Lipinski definition) is 2. The lowest BCUT2D eigenvalue weighted by Crippen LogP contribution is -2.37. The highest BCUT2D eigenvalue weighted by molar-refractivity contribution is 14.0. The molecule has 7 heteroatoms. The van der Waals surface area contributed by atoms with Crippen molar-refractivity contribution in [2.45, 2.75) is 19.5 Å². The predicted molar refractivity (Wildman–Crippen MR) is 111 cm³/mol. The molecular formula is C17H27IN6. The van der Waals surface area contributed by atoms with Gasteiger partial charge < -0.3 is 15.5 Å². The summed E-state index contributed by atoms with van der Waals surface area (Å²) in [6, 6.07) is 10.4. The van der Waals surface area contributed by atoms with Crippen LogP contribution in [-0.2, 0) is 13.1 Å². The Morgan fingerprint density at radius 3 is 2.75 bits per heavy atom. The summed E-state index contributed by atoms with van der Waals surface area (Å²) in [7, 11) is 5.89. The first-order chi connectivity index (χ1) is 11.2. The second-order valence-corrected chi connectivity index (χ2v) is 5.54. The third kappa shape index (κ3) is 6.77. The molecule has 0 saturated carbocycles. The Hall–Kier alpha value is -1.77. The Labute approximate surface area is 161 Å². The molecule has 0 radical (unpaired) electrons. The molecule has 0 amide bonds. The van der Waals surface area contributed by atoms with Crippen molar-refractivity contribution in [3.05, 3.63) is 48.3 Å². The summed E-state index contributed by atoms with van der Waals surface area (Å²) in [5.41, 5.74) is 2.43. The first kappa shape index (κ1) is 20.3. The van der Waals surface area contributed by atoms with Crippen LogP contribution in [0.3, 0.4) is 0 Å². The monoisotopic (exact) mass is 442 g/mol. The van der Waals surface area contributed by atoms with Crippen molar-refractivity contribution in [3.63, 3.8) is 0 Å². The van der Waals surface area contributed by atoms with Gasteiger partial charge in [-0.15, -0.1) is 24.0 Å². The lowest BCUT2D eigenvalue weighted by molar-refractivity contribution is 0.570. The molecule has 1 aromatic heterocycles. The SMILES string of the molecule is CN=C(NCCCn1cccn1)NCc1cccc(N(C)C)c1.I. The average molecular weight is 442 g/mol. The molecule has 0 fully saturated rings. The number of aromatic nitrogens is 2. The van der Waals surface area contributed by atoms with Crippen molar-refractivity contribution in [2.75, 3.05) is 32.6 Å². The summed E-state index contributed by atoms with van der Waals surface area (Å²) in [4.78, 5) is 6.36. The molecule has 0 aliphatic carbocycles. The zero-order valence-corrected chi connectivity index (χ0v) is 16.9. The number of rotatable bonds is 7. The third-order valence-electron chi connectivity index (χ3n) is 3.53. The molecule has 1 heterocycles. The van der Waals surface area contributed by atoms with Crippen molar-refractivity contribution >= 4 is 35.6 Å². The summed E-state index contributed by atoms with van der Waals surface area (Å²) >= 11 is 0. The molecular weight excluding hydrogens is 415 g/mol. The predicted octanol–water partition coefficient (Wildman–Crippen LogP) is 2.32. The highest BCUT2D eigenvalue weighted by atomic mass is 127.